The van der Waals surface area contributed by atoms with Crippen LogP contribution in [0, 0.1) is 5.92 Å². The van der Waals surface area contributed by atoms with Crippen LogP contribution in [0.5, 0.6) is 5.75 Å². The second kappa shape index (κ2) is 7.06. The SMILES string of the molecule is O=CN1CCCC(COc2ccc(-c3ccn[nH]3)nc2)CC1. The van der Waals surface area contributed by atoms with Crippen LogP contribution in [0.15, 0.2) is 30.6 Å². The first kappa shape index (κ1) is 14.6. The normalized spacial score (nSPS) is 18.7. The van der Waals surface area contributed by atoms with E-state index in [0.717, 1.165) is 55.9 Å². The third-order valence-electron chi connectivity index (χ3n) is 4.03. The lowest BCUT2D eigenvalue weighted by atomic mass is 10.0. The summed E-state index contributed by atoms with van der Waals surface area (Å²) in [7, 11) is 0. The number of hydrogen-bond acceptors (Lipinski definition) is 4. The van der Waals surface area contributed by atoms with Gasteiger partial charge in [-0.25, -0.2) is 0 Å². The molecule has 0 spiro atoms. The van der Waals surface area contributed by atoms with E-state index in [9.17, 15) is 4.79 Å². The summed E-state index contributed by atoms with van der Waals surface area (Å²) >= 11 is 0. The van der Waals surface area contributed by atoms with Crippen LogP contribution in [-0.2, 0) is 4.79 Å². The molecule has 3 heterocycles. The molecule has 6 nitrogen and oxygen atoms in total. The smallest absolute Gasteiger partial charge is 0.209 e. The number of H-pyrrole nitrogens is 1. The number of likely N-dealkylation sites (tertiary alicyclic amines) is 1. The van der Waals surface area contributed by atoms with Gasteiger partial charge in [-0.05, 0) is 43.4 Å². The highest BCUT2D eigenvalue weighted by molar-refractivity contribution is 5.53. The topological polar surface area (TPSA) is 71.1 Å². The van der Waals surface area contributed by atoms with E-state index in [0.29, 0.717) is 12.5 Å². The fourth-order valence-corrected chi connectivity index (χ4v) is 2.70. The van der Waals surface area contributed by atoms with Crippen LogP contribution >= 0.6 is 0 Å². The Morgan fingerprint density at radius 3 is 3.00 bits per heavy atom. The average Bonchev–Trinajstić information content (AvgIpc) is 3.00. The van der Waals surface area contributed by atoms with Gasteiger partial charge in [-0.2, -0.15) is 5.10 Å². The van der Waals surface area contributed by atoms with E-state index >= 15 is 0 Å². The minimum Gasteiger partial charge on any atom is -0.492 e. The van der Waals surface area contributed by atoms with E-state index in [1.54, 1.807) is 12.4 Å². The minimum absolute atomic E-state index is 0.497. The number of nitrogens with one attached hydrogen (secondary N) is 1. The highest BCUT2D eigenvalue weighted by Crippen LogP contribution is 2.20. The predicted molar refractivity (Wildman–Crippen MR) is 82.3 cm³/mol. The standard InChI is InChI=1S/C16H20N4O2/c21-12-20-8-1-2-13(6-9-20)11-22-14-3-4-15(17-10-14)16-5-7-18-19-16/h3-5,7,10,12-13H,1-2,6,8-9,11H2,(H,18,19). The molecular weight excluding hydrogens is 280 g/mol. The van der Waals surface area contributed by atoms with Crippen molar-refractivity contribution in [2.75, 3.05) is 19.7 Å². The molecule has 22 heavy (non-hydrogen) atoms. The number of aromatic nitrogens is 3. The van der Waals surface area contributed by atoms with E-state index in [2.05, 4.69) is 15.2 Å². The van der Waals surface area contributed by atoms with Crippen molar-refractivity contribution in [3.05, 3.63) is 30.6 Å². The molecule has 1 saturated heterocycles. The lowest BCUT2D eigenvalue weighted by Gasteiger charge is -2.16. The first-order valence-electron chi connectivity index (χ1n) is 7.63. The molecule has 1 unspecified atom stereocenters. The van der Waals surface area contributed by atoms with Gasteiger partial charge in [0, 0.05) is 19.3 Å². The van der Waals surface area contributed by atoms with Gasteiger partial charge >= 0.3 is 0 Å². The number of carbonyl (C=O) groups is 1. The molecule has 0 saturated carbocycles. The fraction of sp³-hybridized carbons (Fsp3) is 0.438. The fourth-order valence-electron chi connectivity index (χ4n) is 2.70. The molecule has 0 bridgehead atoms. The van der Waals surface area contributed by atoms with Crippen LogP contribution in [0.3, 0.4) is 0 Å². The molecule has 0 radical (unpaired) electrons. The van der Waals surface area contributed by atoms with Crippen molar-refractivity contribution in [1.82, 2.24) is 20.1 Å². The summed E-state index contributed by atoms with van der Waals surface area (Å²) in [6.45, 7) is 2.37. The number of carbonyl (C=O) groups excluding carboxylic acids is 1. The van der Waals surface area contributed by atoms with E-state index < -0.39 is 0 Å². The molecule has 0 aromatic carbocycles. The Morgan fingerprint density at radius 2 is 2.27 bits per heavy atom. The molecule has 2 aromatic heterocycles. The summed E-state index contributed by atoms with van der Waals surface area (Å²) in [5.74, 6) is 1.27. The van der Waals surface area contributed by atoms with Gasteiger partial charge in [0.1, 0.15) is 5.75 Å². The summed E-state index contributed by atoms with van der Waals surface area (Å²) in [6.07, 6.45) is 7.54. The molecule has 1 N–H and O–H groups in total. The third-order valence-corrected chi connectivity index (χ3v) is 4.03. The van der Waals surface area contributed by atoms with Crippen LogP contribution in [-0.4, -0.2) is 46.2 Å². The van der Waals surface area contributed by atoms with Crippen LogP contribution in [0.4, 0.5) is 0 Å². The van der Waals surface area contributed by atoms with Gasteiger partial charge in [0.2, 0.25) is 6.41 Å². The molecule has 3 rings (SSSR count). The molecule has 0 aliphatic carbocycles. The second-order valence-electron chi connectivity index (χ2n) is 5.60. The largest absolute Gasteiger partial charge is 0.492 e. The Morgan fingerprint density at radius 1 is 1.32 bits per heavy atom. The Balaban J connectivity index is 1.52. The maximum atomic E-state index is 10.8. The molecular formula is C16H20N4O2. The van der Waals surface area contributed by atoms with Crippen LogP contribution in [0.1, 0.15) is 19.3 Å². The van der Waals surface area contributed by atoms with Crippen molar-refractivity contribution < 1.29 is 9.53 Å². The zero-order chi connectivity index (χ0) is 15.2. The van der Waals surface area contributed by atoms with Gasteiger partial charge in [0.15, 0.2) is 0 Å². The van der Waals surface area contributed by atoms with Gasteiger partial charge in [-0.3, -0.25) is 14.9 Å². The van der Waals surface area contributed by atoms with Crippen molar-refractivity contribution in [2.45, 2.75) is 19.3 Å². The zero-order valence-corrected chi connectivity index (χ0v) is 12.4. The van der Waals surface area contributed by atoms with Crippen LogP contribution in [0.2, 0.25) is 0 Å². The summed E-state index contributed by atoms with van der Waals surface area (Å²) in [5.41, 5.74) is 1.74. The molecule has 2 aromatic rings. The molecule has 6 heteroatoms. The molecule has 1 atom stereocenters. The summed E-state index contributed by atoms with van der Waals surface area (Å²) in [5, 5.41) is 6.80. The van der Waals surface area contributed by atoms with Crippen LogP contribution in [0.25, 0.3) is 11.4 Å². The maximum absolute atomic E-state index is 10.8. The summed E-state index contributed by atoms with van der Waals surface area (Å²) in [4.78, 5) is 17.0. The number of pyridine rings is 1. The van der Waals surface area contributed by atoms with Gasteiger partial charge < -0.3 is 9.64 Å². The first-order chi connectivity index (χ1) is 10.8. The van der Waals surface area contributed by atoms with Gasteiger partial charge in [0.25, 0.3) is 0 Å². The van der Waals surface area contributed by atoms with E-state index in [1.807, 2.05) is 23.1 Å². The average molecular weight is 300 g/mol. The molecule has 1 aliphatic heterocycles. The van der Waals surface area contributed by atoms with Crippen LogP contribution < -0.4 is 4.74 Å². The monoisotopic (exact) mass is 300 g/mol. The van der Waals surface area contributed by atoms with E-state index in [4.69, 9.17) is 4.74 Å². The Labute approximate surface area is 129 Å². The quantitative estimate of drug-likeness (QED) is 0.859. The number of aromatic amines is 1. The number of rotatable bonds is 5. The Hall–Kier alpha value is -2.37. The van der Waals surface area contributed by atoms with E-state index in [1.165, 1.54) is 0 Å². The second-order valence-corrected chi connectivity index (χ2v) is 5.60. The highest BCUT2D eigenvalue weighted by atomic mass is 16.5. The lowest BCUT2D eigenvalue weighted by molar-refractivity contribution is -0.118. The molecule has 116 valence electrons. The lowest BCUT2D eigenvalue weighted by Crippen LogP contribution is -2.23. The van der Waals surface area contributed by atoms with Gasteiger partial charge in [-0.15, -0.1) is 0 Å². The van der Waals surface area contributed by atoms with Gasteiger partial charge in [0.05, 0.1) is 24.2 Å². The maximum Gasteiger partial charge on any atom is 0.209 e. The first-order valence-corrected chi connectivity index (χ1v) is 7.63. The molecule has 1 amide bonds. The summed E-state index contributed by atoms with van der Waals surface area (Å²) < 4.78 is 5.85. The number of hydrogen-bond donors (Lipinski definition) is 1. The highest BCUT2D eigenvalue weighted by Gasteiger charge is 2.16. The zero-order valence-electron chi connectivity index (χ0n) is 12.4. The Bertz CT molecular complexity index is 583. The van der Waals surface area contributed by atoms with E-state index in [-0.39, 0.29) is 0 Å². The van der Waals surface area contributed by atoms with Crippen molar-refractivity contribution >= 4 is 6.41 Å². The molecule has 1 fully saturated rings. The van der Waals surface area contributed by atoms with Crippen molar-refractivity contribution in [3.63, 3.8) is 0 Å². The van der Waals surface area contributed by atoms with Crippen molar-refractivity contribution in [2.24, 2.45) is 5.92 Å². The van der Waals surface area contributed by atoms with Gasteiger partial charge in [-0.1, -0.05) is 0 Å². The number of ether oxygens (including phenoxy) is 1. The predicted octanol–water partition coefficient (Wildman–Crippen LogP) is 2.11. The number of nitrogens with zero attached hydrogens (tertiary/aromatic N) is 3. The Kier molecular flexibility index (Phi) is 4.68. The summed E-state index contributed by atoms with van der Waals surface area (Å²) in [6, 6.07) is 5.73. The number of amides is 1. The molecule has 1 aliphatic rings. The minimum atomic E-state index is 0.497. The van der Waals surface area contributed by atoms with Crippen molar-refractivity contribution in [1.29, 1.82) is 0 Å². The van der Waals surface area contributed by atoms with Crippen molar-refractivity contribution in [3.8, 4) is 17.1 Å². The third kappa shape index (κ3) is 3.63.